The van der Waals surface area contributed by atoms with Gasteiger partial charge in [0.25, 0.3) is 0 Å². The van der Waals surface area contributed by atoms with Gasteiger partial charge in [-0.3, -0.25) is 4.79 Å². The smallest absolute Gasteiger partial charge is 0.231 e. The van der Waals surface area contributed by atoms with Crippen molar-refractivity contribution in [1.82, 2.24) is 4.90 Å². The van der Waals surface area contributed by atoms with Gasteiger partial charge < -0.3 is 9.80 Å². The largest absolute Gasteiger partial charge is 0.342 e. The second kappa shape index (κ2) is 7.28. The van der Waals surface area contributed by atoms with Crippen molar-refractivity contribution in [3.63, 3.8) is 0 Å². The average molecular weight is 301 g/mol. The Labute approximate surface area is 134 Å². The molecule has 1 aromatic rings. The normalized spacial score (nSPS) is 26.0. The molecule has 0 spiro atoms. The van der Waals surface area contributed by atoms with Crippen LogP contribution < -0.4 is 4.90 Å². The van der Waals surface area contributed by atoms with E-state index in [1.165, 1.54) is 43.4 Å². The van der Waals surface area contributed by atoms with Gasteiger partial charge in [0.2, 0.25) is 5.91 Å². The first-order valence-corrected chi connectivity index (χ1v) is 8.91. The van der Waals surface area contributed by atoms with E-state index in [1.54, 1.807) is 4.90 Å². The van der Waals surface area contributed by atoms with Crippen LogP contribution in [-0.2, 0) is 11.3 Å². The van der Waals surface area contributed by atoms with Gasteiger partial charge in [-0.2, -0.15) is 0 Å². The van der Waals surface area contributed by atoms with Gasteiger partial charge >= 0.3 is 0 Å². The van der Waals surface area contributed by atoms with Crippen molar-refractivity contribution in [2.45, 2.75) is 45.6 Å². The maximum Gasteiger partial charge on any atom is 0.231 e. The number of piperidine rings is 2. The van der Waals surface area contributed by atoms with E-state index in [9.17, 15) is 4.79 Å². The van der Waals surface area contributed by atoms with Crippen LogP contribution in [0.1, 0.15) is 43.2 Å². The van der Waals surface area contributed by atoms with Gasteiger partial charge in [0.05, 0.1) is 19.0 Å². The van der Waals surface area contributed by atoms with Crippen LogP contribution in [0.15, 0.2) is 24.3 Å². The van der Waals surface area contributed by atoms with E-state index in [0.717, 1.165) is 32.6 Å². The summed E-state index contributed by atoms with van der Waals surface area (Å²) in [7, 11) is 0. The zero-order valence-corrected chi connectivity index (χ0v) is 13.8. The highest BCUT2D eigenvalue weighted by molar-refractivity contribution is 5.79. The average Bonchev–Trinajstić information content (AvgIpc) is 2.57. The van der Waals surface area contributed by atoms with E-state index < -0.39 is 0 Å². The summed E-state index contributed by atoms with van der Waals surface area (Å²) in [6, 6.07) is 8.66. The Hall–Kier alpha value is -1.35. The third-order valence-electron chi connectivity index (χ3n) is 5.34. The third-order valence-corrected chi connectivity index (χ3v) is 5.34. The summed E-state index contributed by atoms with van der Waals surface area (Å²) in [6.45, 7) is 7.46. The highest BCUT2D eigenvalue weighted by Crippen LogP contribution is 2.16. The number of carbonyl (C=O) groups excluding carboxylic acids is 1. The third kappa shape index (κ3) is 3.70. The zero-order chi connectivity index (χ0) is 15.4. The molecule has 120 valence electrons. The summed E-state index contributed by atoms with van der Waals surface area (Å²) in [4.78, 5) is 16.4. The molecule has 0 radical (unpaired) electrons. The Morgan fingerprint density at radius 3 is 2.73 bits per heavy atom. The number of benzene rings is 1. The summed E-state index contributed by atoms with van der Waals surface area (Å²) >= 11 is 0. The quantitative estimate of drug-likeness (QED) is 0.905. The number of nitrogens with zero attached hydrogens (tertiary/aromatic N) is 1. The number of carbonyl (C=O) groups is 1. The van der Waals surface area contributed by atoms with Gasteiger partial charge in [0.15, 0.2) is 0 Å². The number of nitrogens with one attached hydrogen (secondary N) is 1. The molecule has 3 nitrogen and oxygen atoms in total. The standard InChI is InChI=1S/C19H28N2O/c1-16-8-3-4-9-17(16)14-20-11-7-10-18(15-20)19(22)21-12-5-2-6-13-21/h3-4,8-9,18H,2,5-7,10-15H2,1H3/p+1/t18-/m0/s1. The number of aryl methyl sites for hydroxylation is 1. The zero-order valence-electron chi connectivity index (χ0n) is 13.8. The van der Waals surface area contributed by atoms with Gasteiger partial charge in [-0.05, 0) is 44.6 Å². The maximum atomic E-state index is 12.7. The van der Waals surface area contributed by atoms with Gasteiger partial charge in [-0.25, -0.2) is 0 Å². The number of hydrogen-bond donors (Lipinski definition) is 1. The van der Waals surface area contributed by atoms with Crippen molar-refractivity contribution in [2.24, 2.45) is 5.92 Å². The fourth-order valence-electron chi connectivity index (χ4n) is 3.97. The predicted octanol–water partition coefficient (Wildman–Crippen LogP) is 1.80. The molecule has 1 amide bonds. The first-order valence-electron chi connectivity index (χ1n) is 8.91. The molecule has 2 atom stereocenters. The molecule has 2 heterocycles. The van der Waals surface area contributed by atoms with Gasteiger partial charge in [-0.15, -0.1) is 0 Å². The first-order chi connectivity index (χ1) is 10.7. The van der Waals surface area contributed by atoms with Crippen molar-refractivity contribution in [3.05, 3.63) is 35.4 Å². The van der Waals surface area contributed by atoms with E-state index in [-0.39, 0.29) is 5.92 Å². The van der Waals surface area contributed by atoms with Crippen molar-refractivity contribution in [3.8, 4) is 0 Å². The van der Waals surface area contributed by atoms with Crippen LogP contribution in [0, 0.1) is 12.8 Å². The molecule has 1 aromatic carbocycles. The molecule has 0 aromatic heterocycles. The van der Waals surface area contributed by atoms with E-state index in [0.29, 0.717) is 5.91 Å². The Morgan fingerprint density at radius 2 is 1.95 bits per heavy atom. The van der Waals surface area contributed by atoms with Crippen molar-refractivity contribution in [1.29, 1.82) is 0 Å². The lowest BCUT2D eigenvalue weighted by Crippen LogP contribution is -3.12. The Morgan fingerprint density at radius 1 is 1.18 bits per heavy atom. The van der Waals surface area contributed by atoms with Gasteiger partial charge in [0, 0.05) is 18.7 Å². The minimum Gasteiger partial charge on any atom is -0.342 e. The maximum absolute atomic E-state index is 12.7. The van der Waals surface area contributed by atoms with Crippen molar-refractivity contribution < 1.29 is 9.69 Å². The van der Waals surface area contributed by atoms with Crippen LogP contribution in [0.3, 0.4) is 0 Å². The molecule has 3 rings (SSSR count). The summed E-state index contributed by atoms with van der Waals surface area (Å²) in [5.74, 6) is 0.688. The minimum atomic E-state index is 0.255. The first kappa shape index (κ1) is 15.5. The molecule has 2 fully saturated rings. The minimum absolute atomic E-state index is 0.255. The Kier molecular flexibility index (Phi) is 5.14. The molecule has 1 unspecified atom stereocenters. The Bertz CT molecular complexity index is 508. The fourth-order valence-corrected chi connectivity index (χ4v) is 3.97. The molecule has 22 heavy (non-hydrogen) atoms. The van der Waals surface area contributed by atoms with Crippen LogP contribution in [0.5, 0.6) is 0 Å². The lowest BCUT2D eigenvalue weighted by molar-refractivity contribution is -0.921. The summed E-state index contributed by atoms with van der Waals surface area (Å²) in [5.41, 5.74) is 2.81. The number of rotatable bonds is 3. The van der Waals surface area contributed by atoms with Crippen molar-refractivity contribution >= 4 is 5.91 Å². The van der Waals surface area contributed by atoms with Crippen LogP contribution in [-0.4, -0.2) is 37.0 Å². The summed E-state index contributed by atoms with van der Waals surface area (Å²) in [6.07, 6.45) is 5.95. The Balaban J connectivity index is 1.59. The number of amides is 1. The van der Waals surface area contributed by atoms with E-state index >= 15 is 0 Å². The van der Waals surface area contributed by atoms with Crippen LogP contribution in [0.2, 0.25) is 0 Å². The molecule has 2 saturated heterocycles. The topological polar surface area (TPSA) is 24.8 Å². The van der Waals surface area contributed by atoms with Gasteiger partial charge in [-0.1, -0.05) is 24.3 Å². The number of quaternary nitrogens is 1. The molecule has 0 aliphatic carbocycles. The lowest BCUT2D eigenvalue weighted by atomic mass is 9.95. The lowest BCUT2D eigenvalue weighted by Gasteiger charge is -2.34. The van der Waals surface area contributed by atoms with Crippen LogP contribution in [0.4, 0.5) is 0 Å². The van der Waals surface area contributed by atoms with Crippen LogP contribution >= 0.6 is 0 Å². The van der Waals surface area contributed by atoms with E-state index in [4.69, 9.17) is 0 Å². The van der Waals surface area contributed by atoms with Gasteiger partial charge in [0.1, 0.15) is 6.54 Å². The summed E-state index contributed by atoms with van der Waals surface area (Å²) < 4.78 is 0. The molecule has 3 heteroatoms. The number of likely N-dealkylation sites (tertiary alicyclic amines) is 2. The molecular weight excluding hydrogens is 272 g/mol. The molecule has 1 N–H and O–H groups in total. The predicted molar refractivity (Wildman–Crippen MR) is 88.7 cm³/mol. The second-order valence-electron chi connectivity index (χ2n) is 7.03. The number of hydrogen-bond acceptors (Lipinski definition) is 1. The van der Waals surface area contributed by atoms with Crippen LogP contribution in [0.25, 0.3) is 0 Å². The molecular formula is C19H29N2O+. The summed E-state index contributed by atoms with van der Waals surface area (Å²) in [5, 5.41) is 0. The fraction of sp³-hybridized carbons (Fsp3) is 0.632. The molecule has 0 bridgehead atoms. The SMILES string of the molecule is Cc1ccccc1C[NH+]1CCC[C@H](C(=O)N2CCCCC2)C1. The van der Waals surface area contributed by atoms with E-state index in [1.807, 2.05) is 0 Å². The highest BCUT2D eigenvalue weighted by atomic mass is 16.2. The van der Waals surface area contributed by atoms with E-state index in [2.05, 4.69) is 36.1 Å². The monoisotopic (exact) mass is 301 g/mol. The molecule has 0 saturated carbocycles. The van der Waals surface area contributed by atoms with Crippen molar-refractivity contribution in [2.75, 3.05) is 26.2 Å². The second-order valence-corrected chi connectivity index (χ2v) is 7.03. The molecule has 2 aliphatic rings. The highest BCUT2D eigenvalue weighted by Gasteiger charge is 2.32. The molecule has 2 aliphatic heterocycles.